The second-order valence-corrected chi connectivity index (χ2v) is 7.96. The first-order valence-electron chi connectivity index (χ1n) is 5.91. The van der Waals surface area contributed by atoms with E-state index in [1.54, 1.807) is 38.1 Å². The molecule has 0 bridgehead atoms. The smallest absolute Gasteiger partial charge is 0.271 e. The summed E-state index contributed by atoms with van der Waals surface area (Å²) >= 11 is 6.91. The average Bonchev–Trinajstić information content (AvgIpc) is 2.78. The van der Waals surface area contributed by atoms with Crippen LogP contribution in [0.15, 0.2) is 39.7 Å². The molecule has 0 aliphatic heterocycles. The molecule has 1 aromatic carbocycles. The maximum absolute atomic E-state index is 12.3. The van der Waals surface area contributed by atoms with Crippen LogP contribution in [-0.4, -0.2) is 19.3 Å². The second kappa shape index (κ2) is 6.05. The van der Waals surface area contributed by atoms with E-state index in [1.165, 1.54) is 6.07 Å². The SMILES string of the molecule is C/C(=N/O)c1cccc(NS(=O)(=O)c2cc(C)c(Cl)s2)c1. The molecule has 5 nitrogen and oxygen atoms in total. The third-order valence-corrected chi connectivity index (χ3v) is 6.19. The number of hydrogen-bond acceptors (Lipinski definition) is 5. The van der Waals surface area contributed by atoms with Gasteiger partial charge in [-0.15, -0.1) is 11.3 Å². The van der Waals surface area contributed by atoms with Gasteiger partial charge in [0.1, 0.15) is 4.21 Å². The molecule has 0 aliphatic rings. The Balaban J connectivity index is 2.33. The number of anilines is 1. The predicted molar refractivity (Wildman–Crippen MR) is 85.3 cm³/mol. The molecule has 2 rings (SSSR count). The van der Waals surface area contributed by atoms with Gasteiger partial charge in [-0.3, -0.25) is 4.72 Å². The summed E-state index contributed by atoms with van der Waals surface area (Å²) in [6.45, 7) is 3.37. The molecule has 0 amide bonds. The van der Waals surface area contributed by atoms with Crippen LogP contribution in [0.25, 0.3) is 0 Å². The lowest BCUT2D eigenvalue weighted by Crippen LogP contribution is -2.11. The van der Waals surface area contributed by atoms with Crippen LogP contribution in [0.5, 0.6) is 0 Å². The summed E-state index contributed by atoms with van der Waals surface area (Å²) in [6, 6.07) is 8.13. The maximum atomic E-state index is 12.3. The number of oxime groups is 1. The topological polar surface area (TPSA) is 78.8 Å². The average molecular weight is 345 g/mol. The van der Waals surface area contributed by atoms with Gasteiger partial charge in [0.25, 0.3) is 10.0 Å². The lowest BCUT2D eigenvalue weighted by atomic mass is 10.1. The van der Waals surface area contributed by atoms with E-state index in [1.807, 2.05) is 0 Å². The highest BCUT2D eigenvalue weighted by molar-refractivity contribution is 7.94. The first-order valence-corrected chi connectivity index (χ1v) is 8.59. The number of aryl methyl sites for hydroxylation is 1. The van der Waals surface area contributed by atoms with E-state index >= 15 is 0 Å². The Morgan fingerprint density at radius 1 is 1.38 bits per heavy atom. The van der Waals surface area contributed by atoms with Gasteiger partial charge >= 0.3 is 0 Å². The molecule has 0 radical (unpaired) electrons. The molecule has 0 saturated carbocycles. The molecule has 0 atom stereocenters. The highest BCUT2D eigenvalue weighted by Gasteiger charge is 2.18. The highest BCUT2D eigenvalue weighted by Crippen LogP contribution is 2.31. The van der Waals surface area contributed by atoms with Crippen molar-refractivity contribution in [3.05, 3.63) is 45.8 Å². The zero-order chi connectivity index (χ0) is 15.6. The van der Waals surface area contributed by atoms with E-state index in [0.717, 1.165) is 16.9 Å². The fourth-order valence-electron chi connectivity index (χ4n) is 1.64. The van der Waals surface area contributed by atoms with Gasteiger partial charge in [0, 0.05) is 11.3 Å². The Morgan fingerprint density at radius 2 is 2.10 bits per heavy atom. The second-order valence-electron chi connectivity index (χ2n) is 4.39. The number of nitrogens with zero attached hydrogens (tertiary/aromatic N) is 1. The van der Waals surface area contributed by atoms with E-state index in [4.69, 9.17) is 16.8 Å². The number of benzene rings is 1. The van der Waals surface area contributed by atoms with Gasteiger partial charge in [0.15, 0.2) is 0 Å². The first-order chi connectivity index (χ1) is 9.83. The number of thiophene rings is 1. The highest BCUT2D eigenvalue weighted by atomic mass is 35.5. The third kappa shape index (κ3) is 3.55. The van der Waals surface area contributed by atoms with Crippen LogP contribution < -0.4 is 4.72 Å². The number of sulfonamides is 1. The van der Waals surface area contributed by atoms with Crippen molar-refractivity contribution in [2.75, 3.05) is 4.72 Å². The minimum atomic E-state index is -3.68. The molecule has 0 unspecified atom stereocenters. The van der Waals surface area contributed by atoms with E-state index in [-0.39, 0.29) is 4.21 Å². The van der Waals surface area contributed by atoms with E-state index < -0.39 is 10.0 Å². The molecule has 0 spiro atoms. The largest absolute Gasteiger partial charge is 0.411 e. The van der Waals surface area contributed by atoms with Crippen LogP contribution in [0, 0.1) is 6.92 Å². The summed E-state index contributed by atoms with van der Waals surface area (Å²) < 4.78 is 27.6. The van der Waals surface area contributed by atoms with Gasteiger partial charge in [0.2, 0.25) is 0 Å². The summed E-state index contributed by atoms with van der Waals surface area (Å²) in [4.78, 5) is 0. The molecule has 8 heteroatoms. The molecule has 0 aliphatic carbocycles. The minimum absolute atomic E-state index is 0.156. The Morgan fingerprint density at radius 3 is 2.67 bits per heavy atom. The Kier molecular flexibility index (Phi) is 4.55. The zero-order valence-corrected chi connectivity index (χ0v) is 13.7. The van der Waals surface area contributed by atoms with E-state index in [0.29, 0.717) is 21.3 Å². The number of halogens is 1. The van der Waals surface area contributed by atoms with Crippen molar-refractivity contribution in [1.29, 1.82) is 0 Å². The molecule has 0 fully saturated rings. The fraction of sp³-hybridized carbons (Fsp3) is 0.154. The van der Waals surface area contributed by atoms with Crippen molar-refractivity contribution in [2.45, 2.75) is 18.1 Å². The van der Waals surface area contributed by atoms with Crippen molar-refractivity contribution in [1.82, 2.24) is 0 Å². The van der Waals surface area contributed by atoms with Gasteiger partial charge in [-0.05, 0) is 37.6 Å². The Labute approximate surface area is 131 Å². The summed E-state index contributed by atoms with van der Waals surface area (Å²) in [5.74, 6) is 0. The van der Waals surface area contributed by atoms with Crippen LogP contribution in [0.3, 0.4) is 0 Å². The van der Waals surface area contributed by atoms with Crippen LogP contribution in [0.2, 0.25) is 4.34 Å². The summed E-state index contributed by atoms with van der Waals surface area (Å²) in [6.07, 6.45) is 0. The molecule has 2 N–H and O–H groups in total. The third-order valence-electron chi connectivity index (χ3n) is 2.78. The fourth-order valence-corrected chi connectivity index (χ4v) is 4.39. The van der Waals surface area contributed by atoms with Crippen molar-refractivity contribution in [2.24, 2.45) is 5.16 Å². The molecule has 21 heavy (non-hydrogen) atoms. The standard InChI is InChI=1S/C13H13ClN2O3S2/c1-8-6-12(20-13(8)14)21(18,19)16-11-5-3-4-10(7-11)9(2)15-17/h3-7,16-17H,1-2H3/b15-9-. The van der Waals surface area contributed by atoms with Gasteiger partial charge in [-0.25, -0.2) is 8.42 Å². The maximum Gasteiger partial charge on any atom is 0.271 e. The van der Waals surface area contributed by atoms with E-state index in [9.17, 15) is 8.42 Å². The Bertz CT molecular complexity index is 778. The molecular formula is C13H13ClN2O3S2. The van der Waals surface area contributed by atoms with Gasteiger partial charge in [0.05, 0.1) is 10.0 Å². The molecule has 1 heterocycles. The normalized spacial score (nSPS) is 12.4. The number of rotatable bonds is 4. The quantitative estimate of drug-likeness (QED) is 0.504. The molecule has 1 aromatic heterocycles. The van der Waals surface area contributed by atoms with E-state index in [2.05, 4.69) is 9.88 Å². The van der Waals surface area contributed by atoms with Gasteiger partial charge in [-0.2, -0.15) is 0 Å². The lowest BCUT2D eigenvalue weighted by molar-refractivity contribution is 0.319. The minimum Gasteiger partial charge on any atom is -0.411 e. The summed E-state index contributed by atoms with van der Waals surface area (Å²) in [5.41, 5.74) is 2.13. The van der Waals surface area contributed by atoms with Gasteiger partial charge < -0.3 is 5.21 Å². The van der Waals surface area contributed by atoms with Crippen molar-refractivity contribution in [3.8, 4) is 0 Å². The van der Waals surface area contributed by atoms with Gasteiger partial charge in [-0.1, -0.05) is 28.9 Å². The summed E-state index contributed by atoms with van der Waals surface area (Å²) in [5, 5.41) is 11.9. The lowest BCUT2D eigenvalue weighted by Gasteiger charge is -2.07. The predicted octanol–water partition coefficient (Wildman–Crippen LogP) is 3.71. The molecular weight excluding hydrogens is 332 g/mol. The van der Waals surface area contributed by atoms with Crippen molar-refractivity contribution in [3.63, 3.8) is 0 Å². The van der Waals surface area contributed by atoms with Crippen LogP contribution in [0.1, 0.15) is 18.1 Å². The number of nitrogens with one attached hydrogen (secondary N) is 1. The Hall–Kier alpha value is -1.57. The molecule has 112 valence electrons. The van der Waals surface area contributed by atoms with Crippen LogP contribution >= 0.6 is 22.9 Å². The van der Waals surface area contributed by atoms with Crippen LogP contribution in [0.4, 0.5) is 5.69 Å². The number of hydrogen-bond donors (Lipinski definition) is 2. The molecule has 0 saturated heterocycles. The molecule has 2 aromatic rings. The first kappa shape index (κ1) is 15.8. The summed E-state index contributed by atoms with van der Waals surface area (Å²) in [7, 11) is -3.68. The van der Waals surface area contributed by atoms with Crippen molar-refractivity contribution < 1.29 is 13.6 Å². The monoisotopic (exact) mass is 344 g/mol. The van der Waals surface area contributed by atoms with Crippen LogP contribution in [-0.2, 0) is 10.0 Å². The van der Waals surface area contributed by atoms with Crippen molar-refractivity contribution >= 4 is 44.4 Å². The zero-order valence-electron chi connectivity index (χ0n) is 11.3.